The molecule has 7 nitrogen and oxygen atoms in total. The molecule has 0 unspecified atom stereocenters. The van der Waals surface area contributed by atoms with Crippen LogP contribution in [0, 0.1) is 0 Å². The zero-order valence-corrected chi connectivity index (χ0v) is 17.4. The Morgan fingerprint density at radius 2 is 1.44 bits per heavy atom. The molecule has 0 spiro atoms. The number of hydrogen-bond donors (Lipinski definition) is 2. The maximum atomic E-state index is 11.6. The number of carbonyl (C=O) groups excluding carboxylic acids is 1. The van der Waals surface area contributed by atoms with Gasteiger partial charge in [-0.1, -0.05) is 6.42 Å². The van der Waals surface area contributed by atoms with Gasteiger partial charge in [0.25, 0.3) is 0 Å². The maximum Gasteiger partial charge on any atom is 0.222 e. The van der Waals surface area contributed by atoms with E-state index in [-0.39, 0.29) is 5.91 Å². The quantitative estimate of drug-likeness (QED) is 0.280. The minimum atomic E-state index is 0.0328. The Balaban J connectivity index is 1.66. The summed E-state index contributed by atoms with van der Waals surface area (Å²) in [7, 11) is 0. The number of nitrogens with two attached hydrogens (primary N) is 1. The fourth-order valence-corrected chi connectivity index (χ4v) is 3.21. The molecule has 0 atom stereocenters. The van der Waals surface area contributed by atoms with Gasteiger partial charge in [0.05, 0.1) is 52.9 Å². The predicted octanol–water partition coefficient (Wildman–Crippen LogP) is 1.58. The lowest BCUT2D eigenvalue weighted by Crippen LogP contribution is -2.25. The van der Waals surface area contributed by atoms with E-state index in [9.17, 15) is 4.79 Å². The summed E-state index contributed by atoms with van der Waals surface area (Å²) in [5.41, 5.74) is 5.42. The summed E-state index contributed by atoms with van der Waals surface area (Å²) in [4.78, 5) is 11.6. The van der Waals surface area contributed by atoms with Gasteiger partial charge in [0.15, 0.2) is 0 Å². The number of hydrogen-bond acceptors (Lipinski definition) is 7. The van der Waals surface area contributed by atoms with Crippen LogP contribution in [0.2, 0.25) is 0 Å². The molecule has 3 N–H and O–H groups in total. The van der Waals surface area contributed by atoms with Crippen LogP contribution in [-0.2, 0) is 23.7 Å². The zero-order valence-electron chi connectivity index (χ0n) is 16.6. The third kappa shape index (κ3) is 18.7. The SMILES string of the molecule is NCCCCCNC(=O)CCOCCOCCOCCOCCSC1CC1. The number of ether oxygens (including phenoxy) is 4. The molecule has 1 saturated carbocycles. The summed E-state index contributed by atoms with van der Waals surface area (Å²) in [6.07, 6.45) is 6.19. The Hall–Kier alpha value is -0.380. The zero-order chi connectivity index (χ0) is 19.4. The van der Waals surface area contributed by atoms with E-state index in [1.165, 1.54) is 12.8 Å². The Bertz CT molecular complexity index is 346. The van der Waals surface area contributed by atoms with Crippen LogP contribution in [0.1, 0.15) is 38.5 Å². The molecule has 1 rings (SSSR count). The van der Waals surface area contributed by atoms with Crippen LogP contribution in [0.3, 0.4) is 0 Å². The first-order valence-corrected chi connectivity index (χ1v) is 11.3. The molecule has 0 bridgehead atoms. The van der Waals surface area contributed by atoms with Crippen LogP contribution in [0.15, 0.2) is 0 Å². The molecular weight excluding hydrogens is 368 g/mol. The second-order valence-electron chi connectivity index (χ2n) is 6.47. The van der Waals surface area contributed by atoms with Gasteiger partial charge in [0.1, 0.15) is 0 Å². The standard InChI is InChI=1S/C19H38N2O5S/c20-7-2-1-3-8-21-19(22)6-9-23-10-11-24-12-13-25-14-15-26-16-17-27-18-4-5-18/h18H,1-17,20H2,(H,21,22). The first-order valence-electron chi connectivity index (χ1n) is 10.2. The van der Waals surface area contributed by atoms with Gasteiger partial charge in [0.2, 0.25) is 5.91 Å². The molecule has 1 aliphatic carbocycles. The maximum absolute atomic E-state index is 11.6. The Labute approximate surface area is 168 Å². The van der Waals surface area contributed by atoms with Gasteiger partial charge in [-0.05, 0) is 32.2 Å². The van der Waals surface area contributed by atoms with Gasteiger partial charge in [-0.3, -0.25) is 4.79 Å². The summed E-state index contributed by atoms with van der Waals surface area (Å²) < 4.78 is 21.7. The average molecular weight is 407 g/mol. The van der Waals surface area contributed by atoms with Gasteiger partial charge in [-0.2, -0.15) is 11.8 Å². The topological polar surface area (TPSA) is 92.0 Å². The first kappa shape index (κ1) is 24.7. The summed E-state index contributed by atoms with van der Waals surface area (Å²) in [6.45, 7) is 6.02. The van der Waals surface area contributed by atoms with Crippen molar-refractivity contribution in [1.82, 2.24) is 5.32 Å². The van der Waals surface area contributed by atoms with E-state index in [2.05, 4.69) is 5.32 Å². The first-order chi connectivity index (χ1) is 13.3. The molecule has 1 aliphatic rings. The minimum absolute atomic E-state index is 0.0328. The highest BCUT2D eigenvalue weighted by molar-refractivity contribution is 8.00. The molecule has 0 aromatic rings. The van der Waals surface area contributed by atoms with Crippen LogP contribution in [-0.4, -0.2) is 82.9 Å². The highest BCUT2D eigenvalue weighted by atomic mass is 32.2. The van der Waals surface area contributed by atoms with Crippen molar-refractivity contribution < 1.29 is 23.7 Å². The number of carbonyl (C=O) groups is 1. The van der Waals surface area contributed by atoms with Crippen molar-refractivity contribution in [2.24, 2.45) is 5.73 Å². The number of unbranched alkanes of at least 4 members (excludes halogenated alkanes) is 2. The molecule has 160 valence electrons. The highest BCUT2D eigenvalue weighted by Gasteiger charge is 2.20. The van der Waals surface area contributed by atoms with Gasteiger partial charge >= 0.3 is 0 Å². The van der Waals surface area contributed by atoms with Gasteiger partial charge in [-0.15, -0.1) is 0 Å². The number of thioether (sulfide) groups is 1. The third-order valence-corrected chi connectivity index (χ3v) is 5.24. The van der Waals surface area contributed by atoms with Gasteiger partial charge < -0.3 is 30.0 Å². The molecule has 1 fully saturated rings. The second kappa shape index (κ2) is 19.0. The van der Waals surface area contributed by atoms with Crippen molar-refractivity contribution in [3.05, 3.63) is 0 Å². The van der Waals surface area contributed by atoms with E-state index < -0.39 is 0 Å². The van der Waals surface area contributed by atoms with E-state index in [0.717, 1.165) is 36.9 Å². The molecule has 1 amide bonds. The number of nitrogens with one attached hydrogen (secondary N) is 1. The van der Waals surface area contributed by atoms with Crippen molar-refractivity contribution in [2.45, 2.75) is 43.8 Å². The van der Waals surface area contributed by atoms with E-state index >= 15 is 0 Å². The van der Waals surface area contributed by atoms with Crippen molar-refractivity contribution >= 4 is 17.7 Å². The summed E-state index contributed by atoms with van der Waals surface area (Å²) >= 11 is 2.01. The van der Waals surface area contributed by atoms with Gasteiger partial charge in [-0.25, -0.2) is 0 Å². The summed E-state index contributed by atoms with van der Waals surface area (Å²) in [5, 5.41) is 3.78. The lowest BCUT2D eigenvalue weighted by atomic mass is 10.2. The lowest BCUT2D eigenvalue weighted by Gasteiger charge is -2.08. The Morgan fingerprint density at radius 3 is 2.04 bits per heavy atom. The normalized spacial score (nSPS) is 13.8. The molecule has 8 heteroatoms. The lowest BCUT2D eigenvalue weighted by molar-refractivity contribution is -0.122. The fraction of sp³-hybridized carbons (Fsp3) is 0.947. The Morgan fingerprint density at radius 1 is 0.852 bits per heavy atom. The van der Waals surface area contributed by atoms with E-state index in [1.807, 2.05) is 11.8 Å². The van der Waals surface area contributed by atoms with E-state index in [4.69, 9.17) is 24.7 Å². The van der Waals surface area contributed by atoms with Crippen LogP contribution >= 0.6 is 11.8 Å². The number of rotatable bonds is 21. The average Bonchev–Trinajstić information content (AvgIpc) is 3.49. The Kier molecular flexibility index (Phi) is 17.3. The molecular formula is C19H38N2O5S. The monoisotopic (exact) mass is 406 g/mol. The largest absolute Gasteiger partial charge is 0.379 e. The van der Waals surface area contributed by atoms with Crippen LogP contribution in [0.25, 0.3) is 0 Å². The van der Waals surface area contributed by atoms with Crippen molar-refractivity contribution in [2.75, 3.05) is 71.7 Å². The molecule has 27 heavy (non-hydrogen) atoms. The molecule has 0 aromatic carbocycles. The molecule has 0 heterocycles. The summed E-state index contributed by atoms with van der Waals surface area (Å²) in [5.74, 6) is 1.12. The predicted molar refractivity (Wildman–Crippen MR) is 109 cm³/mol. The number of amides is 1. The minimum Gasteiger partial charge on any atom is -0.379 e. The smallest absolute Gasteiger partial charge is 0.222 e. The van der Waals surface area contributed by atoms with Crippen molar-refractivity contribution in [1.29, 1.82) is 0 Å². The third-order valence-electron chi connectivity index (χ3n) is 3.90. The van der Waals surface area contributed by atoms with Crippen molar-refractivity contribution in [3.8, 4) is 0 Å². The van der Waals surface area contributed by atoms with Crippen LogP contribution < -0.4 is 11.1 Å². The summed E-state index contributed by atoms with van der Waals surface area (Å²) in [6, 6.07) is 0. The van der Waals surface area contributed by atoms with Crippen LogP contribution in [0.4, 0.5) is 0 Å². The van der Waals surface area contributed by atoms with Crippen LogP contribution in [0.5, 0.6) is 0 Å². The fourth-order valence-electron chi connectivity index (χ4n) is 2.20. The van der Waals surface area contributed by atoms with E-state index in [0.29, 0.717) is 65.8 Å². The molecule has 0 radical (unpaired) electrons. The molecule has 0 aliphatic heterocycles. The van der Waals surface area contributed by atoms with E-state index in [1.54, 1.807) is 0 Å². The second-order valence-corrected chi connectivity index (χ2v) is 7.88. The molecule has 0 saturated heterocycles. The van der Waals surface area contributed by atoms with Crippen molar-refractivity contribution in [3.63, 3.8) is 0 Å². The molecule has 0 aromatic heterocycles. The highest BCUT2D eigenvalue weighted by Crippen LogP contribution is 2.33. The van der Waals surface area contributed by atoms with Gasteiger partial charge in [0, 0.05) is 24.0 Å².